The van der Waals surface area contributed by atoms with E-state index in [1.807, 2.05) is 19.1 Å². The highest BCUT2D eigenvalue weighted by Crippen LogP contribution is 2.30. The molecule has 2 aliphatic rings. The van der Waals surface area contributed by atoms with Crippen molar-refractivity contribution >= 4 is 28.2 Å². The Morgan fingerprint density at radius 3 is 2.79 bits per heavy atom. The van der Waals surface area contributed by atoms with Crippen molar-refractivity contribution in [3.63, 3.8) is 0 Å². The van der Waals surface area contributed by atoms with E-state index in [9.17, 15) is 9.90 Å². The minimum Gasteiger partial charge on any atom is -0.494 e. The van der Waals surface area contributed by atoms with E-state index in [4.69, 9.17) is 10.7 Å². The van der Waals surface area contributed by atoms with Gasteiger partial charge < -0.3 is 15.8 Å². The zero-order valence-electron chi connectivity index (χ0n) is 19.2. The highest BCUT2D eigenvalue weighted by Gasteiger charge is 2.16. The number of nitrogens with zero attached hydrogens (tertiary/aromatic N) is 2. The summed E-state index contributed by atoms with van der Waals surface area (Å²) in [6.07, 6.45) is 11.1. The molecule has 34 heavy (non-hydrogen) atoms. The molecule has 1 aromatic heterocycles. The molecule has 4 N–H and O–H groups in total. The Bertz CT molecular complexity index is 1370. The molecule has 6 nitrogen and oxygen atoms in total. The average molecular weight is 453 g/mol. The predicted octanol–water partition coefficient (Wildman–Crippen LogP) is 5.13. The summed E-state index contributed by atoms with van der Waals surface area (Å²) in [6.45, 7) is 4.79. The van der Waals surface area contributed by atoms with Crippen LogP contribution in [0.3, 0.4) is 0 Å². The number of benzene rings is 2. The van der Waals surface area contributed by atoms with Crippen LogP contribution in [0, 0.1) is 0 Å². The van der Waals surface area contributed by atoms with Gasteiger partial charge in [0.1, 0.15) is 0 Å². The van der Waals surface area contributed by atoms with Crippen LogP contribution in [0.15, 0.2) is 82.9 Å². The molecular formula is C28H28N4O2. The van der Waals surface area contributed by atoms with E-state index in [1.54, 1.807) is 18.2 Å². The number of fused-ring (bicyclic) bond motifs is 2. The van der Waals surface area contributed by atoms with E-state index in [2.05, 4.69) is 46.3 Å². The van der Waals surface area contributed by atoms with E-state index < -0.39 is 5.91 Å². The van der Waals surface area contributed by atoms with Crippen LogP contribution in [0.2, 0.25) is 0 Å². The van der Waals surface area contributed by atoms with Crippen LogP contribution in [0.1, 0.15) is 41.3 Å². The molecule has 5 rings (SSSR count). The number of allylic oxidation sites excluding steroid dienone is 4. The van der Waals surface area contributed by atoms with Gasteiger partial charge in [0.05, 0.1) is 17.0 Å². The summed E-state index contributed by atoms with van der Waals surface area (Å²) < 4.78 is 0. The SMILES string of the molecule is CC(=Nc1ccc(CN2CC=C3CC=CC=C3CC2)cc1)c1c(O)[nH]c2cc(C(N)=O)ccc12. The molecule has 2 heterocycles. The number of aromatic nitrogens is 1. The number of hydrogen-bond donors (Lipinski definition) is 3. The number of primary amides is 1. The van der Waals surface area contributed by atoms with Crippen molar-refractivity contribution in [3.8, 4) is 5.88 Å². The quantitative estimate of drug-likeness (QED) is 0.468. The third-order valence-corrected chi connectivity index (χ3v) is 6.54. The summed E-state index contributed by atoms with van der Waals surface area (Å²) >= 11 is 0. The highest BCUT2D eigenvalue weighted by molar-refractivity contribution is 6.13. The van der Waals surface area contributed by atoms with Crippen LogP contribution in [-0.2, 0) is 6.54 Å². The normalized spacial score (nSPS) is 16.7. The van der Waals surface area contributed by atoms with E-state index in [1.165, 1.54) is 16.7 Å². The number of aromatic amines is 1. The molecule has 1 amide bonds. The molecule has 0 atom stereocenters. The lowest BCUT2D eigenvalue weighted by atomic mass is 9.96. The molecule has 0 bridgehead atoms. The van der Waals surface area contributed by atoms with E-state index in [-0.39, 0.29) is 5.88 Å². The summed E-state index contributed by atoms with van der Waals surface area (Å²) in [5, 5.41) is 11.3. The Morgan fingerprint density at radius 2 is 2.00 bits per heavy atom. The first-order chi connectivity index (χ1) is 16.5. The van der Waals surface area contributed by atoms with Gasteiger partial charge in [-0.1, -0.05) is 42.5 Å². The number of aromatic hydroxyl groups is 1. The second-order valence-corrected chi connectivity index (χ2v) is 8.88. The smallest absolute Gasteiger partial charge is 0.248 e. The van der Waals surface area contributed by atoms with Crippen LogP contribution < -0.4 is 5.73 Å². The average Bonchev–Trinajstić information content (AvgIpc) is 3.03. The summed E-state index contributed by atoms with van der Waals surface area (Å²) in [4.78, 5) is 21.6. The van der Waals surface area contributed by atoms with Crippen molar-refractivity contribution in [1.82, 2.24) is 9.88 Å². The number of aliphatic imine (C=N–C) groups is 1. The molecule has 0 spiro atoms. The lowest BCUT2D eigenvalue weighted by Crippen LogP contribution is -2.23. The molecule has 172 valence electrons. The maximum atomic E-state index is 11.5. The predicted molar refractivity (Wildman–Crippen MR) is 137 cm³/mol. The molecule has 1 aliphatic carbocycles. The lowest BCUT2D eigenvalue weighted by molar-refractivity contribution is 0.100. The van der Waals surface area contributed by atoms with Crippen molar-refractivity contribution in [2.45, 2.75) is 26.3 Å². The molecule has 6 heteroatoms. The van der Waals surface area contributed by atoms with Crippen molar-refractivity contribution in [3.05, 3.63) is 94.6 Å². The number of carbonyl (C=O) groups excluding carboxylic acids is 1. The van der Waals surface area contributed by atoms with Gasteiger partial charge in [0, 0.05) is 36.1 Å². The van der Waals surface area contributed by atoms with Crippen LogP contribution in [-0.4, -0.2) is 39.7 Å². The summed E-state index contributed by atoms with van der Waals surface area (Å²) in [5.41, 5.74) is 12.7. The minimum absolute atomic E-state index is 0.0238. The van der Waals surface area contributed by atoms with Gasteiger partial charge >= 0.3 is 0 Å². The van der Waals surface area contributed by atoms with Gasteiger partial charge in [-0.2, -0.15) is 0 Å². The molecule has 3 aromatic rings. The zero-order valence-corrected chi connectivity index (χ0v) is 19.2. The van der Waals surface area contributed by atoms with Crippen molar-refractivity contribution in [2.75, 3.05) is 13.1 Å². The van der Waals surface area contributed by atoms with Gasteiger partial charge in [-0.25, -0.2) is 0 Å². The molecule has 0 radical (unpaired) electrons. The number of nitrogens with two attached hydrogens (primary N) is 1. The first kappa shape index (κ1) is 21.9. The molecule has 2 aromatic carbocycles. The minimum atomic E-state index is -0.507. The maximum absolute atomic E-state index is 11.5. The van der Waals surface area contributed by atoms with Crippen LogP contribution in [0.4, 0.5) is 5.69 Å². The first-order valence-corrected chi connectivity index (χ1v) is 11.5. The number of amides is 1. The standard InChI is InChI=1S/C28H28N4O2/c1-18(26-24-11-8-22(27(29)33)16-25(24)31-28(26)34)30-23-9-6-19(7-10-23)17-32-14-12-20-4-2-3-5-21(20)13-15-32/h2-4,6-11,13,16,31,34H,5,12,14-15,17H2,1H3,(H2,29,33). The Hall–Kier alpha value is -3.90. The van der Waals surface area contributed by atoms with E-state index >= 15 is 0 Å². The van der Waals surface area contributed by atoms with E-state index in [0.29, 0.717) is 22.4 Å². The van der Waals surface area contributed by atoms with E-state index in [0.717, 1.165) is 43.5 Å². The van der Waals surface area contributed by atoms with Crippen LogP contribution >= 0.6 is 0 Å². The maximum Gasteiger partial charge on any atom is 0.248 e. The van der Waals surface area contributed by atoms with Crippen molar-refractivity contribution < 1.29 is 9.90 Å². The molecule has 1 aliphatic heterocycles. The number of H-pyrrole nitrogens is 1. The Balaban J connectivity index is 1.31. The topological polar surface area (TPSA) is 94.7 Å². The Kier molecular flexibility index (Phi) is 5.90. The van der Waals surface area contributed by atoms with Crippen LogP contribution in [0.5, 0.6) is 5.88 Å². The van der Waals surface area contributed by atoms with Crippen molar-refractivity contribution in [2.24, 2.45) is 10.7 Å². The summed E-state index contributed by atoms with van der Waals surface area (Å²) in [5.74, 6) is -0.483. The number of nitrogens with one attached hydrogen (secondary N) is 1. The zero-order chi connectivity index (χ0) is 23.7. The molecule has 0 fully saturated rings. The Morgan fingerprint density at radius 1 is 1.18 bits per heavy atom. The van der Waals surface area contributed by atoms with Crippen LogP contribution in [0.25, 0.3) is 10.9 Å². The highest BCUT2D eigenvalue weighted by atomic mass is 16.3. The fourth-order valence-electron chi connectivity index (χ4n) is 4.71. The fourth-order valence-corrected chi connectivity index (χ4v) is 4.71. The number of carbonyl (C=O) groups is 1. The lowest BCUT2D eigenvalue weighted by Gasteiger charge is -2.19. The number of rotatable bonds is 5. The van der Waals surface area contributed by atoms with Gasteiger partial charge in [0.2, 0.25) is 5.91 Å². The molecule has 0 saturated heterocycles. The monoisotopic (exact) mass is 452 g/mol. The largest absolute Gasteiger partial charge is 0.494 e. The summed E-state index contributed by atoms with van der Waals surface area (Å²) in [6, 6.07) is 13.3. The Labute approximate surface area is 198 Å². The molecular weight excluding hydrogens is 424 g/mol. The third-order valence-electron chi connectivity index (χ3n) is 6.54. The second-order valence-electron chi connectivity index (χ2n) is 8.88. The molecule has 0 unspecified atom stereocenters. The van der Waals surface area contributed by atoms with Crippen molar-refractivity contribution in [1.29, 1.82) is 0 Å². The summed E-state index contributed by atoms with van der Waals surface area (Å²) in [7, 11) is 0. The molecule has 0 saturated carbocycles. The first-order valence-electron chi connectivity index (χ1n) is 11.5. The third kappa shape index (κ3) is 4.45. The van der Waals surface area contributed by atoms with Gasteiger partial charge in [-0.15, -0.1) is 0 Å². The van der Waals surface area contributed by atoms with Gasteiger partial charge in [0.25, 0.3) is 0 Å². The van der Waals surface area contributed by atoms with Gasteiger partial charge in [0.15, 0.2) is 5.88 Å². The second kappa shape index (κ2) is 9.15. The van der Waals surface area contributed by atoms with Gasteiger partial charge in [-0.3, -0.25) is 14.7 Å². The number of hydrogen-bond acceptors (Lipinski definition) is 4. The van der Waals surface area contributed by atoms with Gasteiger partial charge in [-0.05, 0) is 60.7 Å². The fraction of sp³-hybridized carbons (Fsp3) is 0.214.